The maximum Gasteiger partial charge on any atom is 0.246 e. The summed E-state index contributed by atoms with van der Waals surface area (Å²) in [5.41, 5.74) is 5.24. The lowest BCUT2D eigenvalue weighted by Gasteiger charge is -2.15. The van der Waals surface area contributed by atoms with Crippen LogP contribution in [-0.4, -0.2) is 39.4 Å². The summed E-state index contributed by atoms with van der Waals surface area (Å²) in [5, 5.41) is 0. The van der Waals surface area contributed by atoms with E-state index in [1.807, 2.05) is 4.72 Å². The Morgan fingerprint density at radius 3 is 2.63 bits per heavy atom. The topological polar surface area (TPSA) is 92.5 Å². The molecule has 0 aromatic heterocycles. The van der Waals surface area contributed by atoms with Gasteiger partial charge in [0.1, 0.15) is 10.7 Å². The van der Waals surface area contributed by atoms with E-state index in [0.717, 1.165) is 6.07 Å². The summed E-state index contributed by atoms with van der Waals surface area (Å²) >= 11 is 0. The number of halogens is 1. The van der Waals surface area contributed by atoms with Gasteiger partial charge in [0.2, 0.25) is 15.9 Å². The van der Waals surface area contributed by atoms with E-state index in [2.05, 4.69) is 0 Å². The zero-order chi connectivity index (χ0) is 14.6. The van der Waals surface area contributed by atoms with Gasteiger partial charge in [-0.2, -0.15) is 0 Å². The number of amides is 1. The van der Waals surface area contributed by atoms with Crippen LogP contribution in [0.3, 0.4) is 0 Å². The minimum absolute atomic E-state index is 0.205. The molecule has 0 heterocycles. The van der Waals surface area contributed by atoms with Gasteiger partial charge in [0, 0.05) is 13.6 Å². The highest BCUT2D eigenvalue weighted by atomic mass is 32.2. The van der Waals surface area contributed by atoms with Crippen LogP contribution in [0.4, 0.5) is 10.1 Å². The van der Waals surface area contributed by atoms with Crippen molar-refractivity contribution in [2.75, 3.05) is 25.9 Å². The van der Waals surface area contributed by atoms with E-state index < -0.39 is 33.2 Å². The van der Waals surface area contributed by atoms with Crippen molar-refractivity contribution in [1.29, 1.82) is 0 Å². The van der Waals surface area contributed by atoms with Crippen molar-refractivity contribution in [2.45, 2.75) is 11.8 Å². The molecule has 0 aliphatic rings. The Kier molecular flexibility index (Phi) is 4.84. The van der Waals surface area contributed by atoms with Gasteiger partial charge in [0.05, 0.1) is 12.2 Å². The quantitative estimate of drug-likeness (QED) is 0.755. The van der Waals surface area contributed by atoms with E-state index in [-0.39, 0.29) is 5.69 Å². The molecule has 1 rings (SSSR count). The zero-order valence-electron chi connectivity index (χ0n) is 10.7. The van der Waals surface area contributed by atoms with Crippen LogP contribution < -0.4 is 10.5 Å². The van der Waals surface area contributed by atoms with Crippen LogP contribution in [0.25, 0.3) is 0 Å². The molecule has 0 bridgehead atoms. The highest BCUT2D eigenvalue weighted by molar-refractivity contribution is 7.89. The van der Waals surface area contributed by atoms with Crippen molar-refractivity contribution in [2.24, 2.45) is 0 Å². The number of nitrogens with one attached hydrogen (secondary N) is 1. The fourth-order valence-electron chi connectivity index (χ4n) is 1.35. The predicted octanol–water partition coefficient (Wildman–Crippen LogP) is 0.165. The van der Waals surface area contributed by atoms with E-state index in [1.165, 1.54) is 24.1 Å². The molecule has 8 heteroatoms. The van der Waals surface area contributed by atoms with Gasteiger partial charge < -0.3 is 10.6 Å². The summed E-state index contributed by atoms with van der Waals surface area (Å²) in [6.45, 7) is 1.75. The second kappa shape index (κ2) is 5.98. The zero-order valence-corrected chi connectivity index (χ0v) is 11.5. The summed E-state index contributed by atoms with van der Waals surface area (Å²) in [7, 11) is -2.62. The van der Waals surface area contributed by atoms with E-state index in [4.69, 9.17) is 5.73 Å². The molecule has 0 spiro atoms. The fourth-order valence-corrected chi connectivity index (χ4v) is 2.51. The van der Waals surface area contributed by atoms with Crippen LogP contribution in [0.5, 0.6) is 0 Å². The minimum atomic E-state index is -4.16. The third kappa shape index (κ3) is 3.65. The number of hydrogen-bond acceptors (Lipinski definition) is 4. The van der Waals surface area contributed by atoms with Gasteiger partial charge in [0.25, 0.3) is 0 Å². The average Bonchev–Trinajstić information content (AvgIpc) is 2.34. The van der Waals surface area contributed by atoms with Gasteiger partial charge >= 0.3 is 0 Å². The average molecular weight is 289 g/mol. The maximum atomic E-state index is 13.5. The van der Waals surface area contributed by atoms with Crippen molar-refractivity contribution in [3.63, 3.8) is 0 Å². The normalized spacial score (nSPS) is 11.3. The van der Waals surface area contributed by atoms with Crippen LogP contribution >= 0.6 is 0 Å². The number of nitrogens with zero attached hydrogens (tertiary/aromatic N) is 1. The Labute approximate surface area is 111 Å². The van der Waals surface area contributed by atoms with Crippen LogP contribution in [0, 0.1) is 5.82 Å². The summed E-state index contributed by atoms with van der Waals surface area (Å²) in [6.07, 6.45) is 0. The Balaban J connectivity index is 2.91. The standard InChI is InChI=1S/C11H16FN3O3S/c1-3-15(2)10(16)7-14-19(17,18)11-8(12)5-4-6-9(11)13/h4-6,14H,3,7,13H2,1-2H3. The Bertz CT molecular complexity index is 554. The van der Waals surface area contributed by atoms with Gasteiger partial charge in [0.15, 0.2) is 0 Å². The summed E-state index contributed by atoms with van der Waals surface area (Å²) in [5.74, 6) is -1.37. The molecule has 1 aromatic carbocycles. The van der Waals surface area contributed by atoms with Gasteiger partial charge in [-0.25, -0.2) is 17.5 Å². The molecule has 1 amide bonds. The third-order valence-corrected chi connectivity index (χ3v) is 4.07. The molecule has 1 aromatic rings. The molecule has 0 aliphatic heterocycles. The minimum Gasteiger partial charge on any atom is -0.398 e. The van der Waals surface area contributed by atoms with Crippen molar-refractivity contribution >= 4 is 21.6 Å². The lowest BCUT2D eigenvalue weighted by Crippen LogP contribution is -2.38. The number of benzene rings is 1. The Morgan fingerprint density at radius 1 is 1.47 bits per heavy atom. The molecule has 0 unspecified atom stereocenters. The molecule has 106 valence electrons. The number of anilines is 1. The number of likely N-dealkylation sites (N-methyl/N-ethyl adjacent to an activating group) is 1. The van der Waals surface area contributed by atoms with E-state index in [0.29, 0.717) is 6.54 Å². The van der Waals surface area contributed by atoms with Crippen LogP contribution in [0.1, 0.15) is 6.92 Å². The molecule has 0 saturated heterocycles. The number of carbonyl (C=O) groups excluding carboxylic acids is 1. The number of carbonyl (C=O) groups is 1. The summed E-state index contributed by atoms with van der Waals surface area (Å²) in [6, 6.07) is 3.57. The van der Waals surface area contributed by atoms with E-state index in [9.17, 15) is 17.6 Å². The molecular weight excluding hydrogens is 273 g/mol. The predicted molar refractivity (Wildman–Crippen MR) is 69.3 cm³/mol. The first-order valence-electron chi connectivity index (χ1n) is 5.57. The highest BCUT2D eigenvalue weighted by Crippen LogP contribution is 2.20. The molecule has 0 fully saturated rings. The third-order valence-electron chi connectivity index (χ3n) is 2.58. The fraction of sp³-hybridized carbons (Fsp3) is 0.364. The molecule has 0 saturated carbocycles. The van der Waals surface area contributed by atoms with Crippen molar-refractivity contribution in [3.05, 3.63) is 24.0 Å². The molecule has 0 radical (unpaired) electrons. The Hall–Kier alpha value is -1.67. The second-order valence-corrected chi connectivity index (χ2v) is 5.59. The van der Waals surface area contributed by atoms with Gasteiger partial charge in [-0.05, 0) is 19.1 Å². The van der Waals surface area contributed by atoms with Crippen molar-refractivity contribution < 1.29 is 17.6 Å². The van der Waals surface area contributed by atoms with Gasteiger partial charge in [-0.15, -0.1) is 0 Å². The number of nitrogen functional groups attached to an aromatic ring is 1. The first kappa shape index (κ1) is 15.4. The maximum absolute atomic E-state index is 13.5. The van der Waals surface area contributed by atoms with E-state index >= 15 is 0 Å². The number of sulfonamides is 1. The van der Waals surface area contributed by atoms with E-state index in [1.54, 1.807) is 6.92 Å². The second-order valence-electron chi connectivity index (χ2n) is 3.89. The molecule has 6 nitrogen and oxygen atoms in total. The molecule has 3 N–H and O–H groups in total. The largest absolute Gasteiger partial charge is 0.398 e. The van der Waals surface area contributed by atoms with Crippen LogP contribution in [0.2, 0.25) is 0 Å². The first-order valence-corrected chi connectivity index (χ1v) is 7.05. The van der Waals surface area contributed by atoms with Gasteiger partial charge in [-0.1, -0.05) is 6.07 Å². The number of hydrogen-bond donors (Lipinski definition) is 2. The van der Waals surface area contributed by atoms with Crippen LogP contribution in [-0.2, 0) is 14.8 Å². The van der Waals surface area contributed by atoms with Crippen molar-refractivity contribution in [1.82, 2.24) is 9.62 Å². The monoisotopic (exact) mass is 289 g/mol. The lowest BCUT2D eigenvalue weighted by molar-refractivity contribution is -0.128. The molecular formula is C11H16FN3O3S. The van der Waals surface area contributed by atoms with Crippen LogP contribution in [0.15, 0.2) is 23.1 Å². The van der Waals surface area contributed by atoms with Gasteiger partial charge in [-0.3, -0.25) is 4.79 Å². The highest BCUT2D eigenvalue weighted by Gasteiger charge is 2.23. The summed E-state index contributed by atoms with van der Waals surface area (Å²) in [4.78, 5) is 12.2. The lowest BCUT2D eigenvalue weighted by atomic mass is 10.3. The number of nitrogens with two attached hydrogens (primary N) is 1. The smallest absolute Gasteiger partial charge is 0.246 e. The van der Waals surface area contributed by atoms with Crippen molar-refractivity contribution in [3.8, 4) is 0 Å². The SMILES string of the molecule is CCN(C)C(=O)CNS(=O)(=O)c1c(N)cccc1F. The molecule has 0 atom stereocenters. The Morgan fingerprint density at radius 2 is 2.11 bits per heavy atom. The first-order chi connectivity index (χ1) is 8.79. The molecule has 19 heavy (non-hydrogen) atoms. The summed E-state index contributed by atoms with van der Waals surface area (Å²) < 4.78 is 39.3. The molecule has 0 aliphatic carbocycles. The number of rotatable bonds is 5.